The number of carbonyl (C=O) groups excluding carboxylic acids is 1. The van der Waals surface area contributed by atoms with Crippen molar-refractivity contribution in [2.24, 2.45) is 0 Å². The Morgan fingerprint density at radius 1 is 0.967 bits per heavy atom. The highest BCUT2D eigenvalue weighted by atomic mass is 32.2. The van der Waals surface area contributed by atoms with Gasteiger partial charge < -0.3 is 9.80 Å². The highest BCUT2D eigenvalue weighted by Crippen LogP contribution is 2.24. The van der Waals surface area contributed by atoms with E-state index in [-0.39, 0.29) is 23.8 Å². The van der Waals surface area contributed by atoms with E-state index in [4.69, 9.17) is 0 Å². The second-order valence-corrected chi connectivity index (χ2v) is 9.74. The molecule has 0 aliphatic carbocycles. The number of amides is 1. The van der Waals surface area contributed by atoms with Gasteiger partial charge in [-0.05, 0) is 62.1 Å². The van der Waals surface area contributed by atoms with Gasteiger partial charge in [0, 0.05) is 44.8 Å². The largest absolute Gasteiger partial charge is 0.368 e. The predicted octanol–water partition coefficient (Wildman–Crippen LogP) is 2.94. The minimum atomic E-state index is -3.62. The van der Waals surface area contributed by atoms with Crippen LogP contribution in [-0.4, -0.2) is 51.9 Å². The number of carbonyl (C=O) groups is 1. The molecule has 1 amide bonds. The lowest BCUT2D eigenvalue weighted by atomic mass is 10.1. The van der Waals surface area contributed by atoms with Crippen LogP contribution >= 0.6 is 0 Å². The molecule has 0 aromatic heterocycles. The van der Waals surface area contributed by atoms with Crippen molar-refractivity contribution in [1.82, 2.24) is 9.62 Å². The van der Waals surface area contributed by atoms with Gasteiger partial charge in [-0.3, -0.25) is 4.79 Å². The topological polar surface area (TPSA) is 69.7 Å². The van der Waals surface area contributed by atoms with Crippen LogP contribution in [0.4, 0.5) is 5.69 Å². The number of hydrogen-bond donors (Lipinski definition) is 1. The molecule has 0 bridgehead atoms. The number of benzene rings is 2. The number of hydrogen-bond acceptors (Lipinski definition) is 4. The molecule has 1 saturated heterocycles. The third kappa shape index (κ3) is 5.02. The number of nitrogens with one attached hydrogen (secondary N) is 1. The standard InChI is InChI=1S/C23H31N3O3S/c1-17-8-9-19(3)22(16-17)30(28,29)24-11-10-23(27)26-14-12-25(13-15-26)21-7-5-6-18(2)20(21)4/h5-9,16,24H,10-15H2,1-4H3. The van der Waals surface area contributed by atoms with Crippen LogP contribution in [0.5, 0.6) is 0 Å². The summed E-state index contributed by atoms with van der Waals surface area (Å²) in [5, 5.41) is 0. The first kappa shape index (κ1) is 22.3. The molecule has 2 aromatic rings. The predicted molar refractivity (Wildman–Crippen MR) is 120 cm³/mol. The summed E-state index contributed by atoms with van der Waals surface area (Å²) in [7, 11) is -3.62. The van der Waals surface area contributed by atoms with Crippen molar-refractivity contribution in [2.45, 2.75) is 39.0 Å². The molecule has 0 atom stereocenters. The second-order valence-electron chi connectivity index (χ2n) is 8.00. The molecule has 3 rings (SSSR count). The maximum Gasteiger partial charge on any atom is 0.240 e. The van der Waals surface area contributed by atoms with Crippen molar-refractivity contribution in [1.29, 1.82) is 0 Å². The SMILES string of the molecule is Cc1ccc(C)c(S(=O)(=O)NCCC(=O)N2CCN(c3cccc(C)c3C)CC2)c1. The van der Waals surface area contributed by atoms with Gasteiger partial charge in [0.1, 0.15) is 0 Å². The average molecular weight is 430 g/mol. The molecular formula is C23H31N3O3S. The van der Waals surface area contributed by atoms with E-state index in [0.29, 0.717) is 18.7 Å². The Hall–Kier alpha value is -2.38. The molecule has 2 aromatic carbocycles. The van der Waals surface area contributed by atoms with Gasteiger partial charge >= 0.3 is 0 Å². The minimum Gasteiger partial charge on any atom is -0.368 e. The Balaban J connectivity index is 1.52. The summed E-state index contributed by atoms with van der Waals surface area (Å²) in [6.45, 7) is 10.8. The molecule has 1 fully saturated rings. The van der Waals surface area contributed by atoms with Crippen LogP contribution in [0.3, 0.4) is 0 Å². The molecule has 30 heavy (non-hydrogen) atoms. The summed E-state index contributed by atoms with van der Waals surface area (Å²) in [4.78, 5) is 17.0. The highest BCUT2D eigenvalue weighted by Gasteiger charge is 2.23. The van der Waals surface area contributed by atoms with Crippen molar-refractivity contribution >= 4 is 21.6 Å². The molecule has 1 aliphatic rings. The summed E-state index contributed by atoms with van der Waals surface area (Å²) < 4.78 is 27.7. The van der Waals surface area contributed by atoms with E-state index in [1.54, 1.807) is 19.1 Å². The number of piperazine rings is 1. The number of sulfonamides is 1. The van der Waals surface area contributed by atoms with Crippen LogP contribution in [0.1, 0.15) is 28.7 Å². The molecule has 1 N–H and O–H groups in total. The van der Waals surface area contributed by atoms with Crippen LogP contribution in [-0.2, 0) is 14.8 Å². The van der Waals surface area contributed by atoms with Crippen molar-refractivity contribution < 1.29 is 13.2 Å². The molecule has 7 heteroatoms. The lowest BCUT2D eigenvalue weighted by Crippen LogP contribution is -2.49. The van der Waals surface area contributed by atoms with Crippen LogP contribution < -0.4 is 9.62 Å². The van der Waals surface area contributed by atoms with Gasteiger partial charge in [0.25, 0.3) is 0 Å². The van der Waals surface area contributed by atoms with Crippen LogP contribution in [0, 0.1) is 27.7 Å². The minimum absolute atomic E-state index is 0.0146. The van der Waals surface area contributed by atoms with E-state index < -0.39 is 10.0 Å². The summed E-state index contributed by atoms with van der Waals surface area (Å²) in [6, 6.07) is 11.6. The average Bonchev–Trinajstić information content (AvgIpc) is 2.71. The van der Waals surface area contributed by atoms with Gasteiger partial charge in [0.15, 0.2) is 0 Å². The number of anilines is 1. The fourth-order valence-corrected chi connectivity index (χ4v) is 5.16. The molecule has 6 nitrogen and oxygen atoms in total. The molecule has 1 aliphatic heterocycles. The van der Waals surface area contributed by atoms with Crippen molar-refractivity contribution in [3.05, 3.63) is 58.7 Å². The summed E-state index contributed by atoms with van der Waals surface area (Å²) >= 11 is 0. The van der Waals surface area contributed by atoms with Crippen LogP contribution in [0.15, 0.2) is 41.3 Å². The molecule has 0 saturated carbocycles. The summed E-state index contributed by atoms with van der Waals surface area (Å²) in [5.74, 6) is -0.0146. The first-order valence-electron chi connectivity index (χ1n) is 10.3. The van der Waals surface area contributed by atoms with E-state index in [1.807, 2.05) is 17.9 Å². The Bertz CT molecular complexity index is 1030. The van der Waals surface area contributed by atoms with Gasteiger partial charge in [0.2, 0.25) is 15.9 Å². The van der Waals surface area contributed by atoms with Gasteiger partial charge in [-0.25, -0.2) is 13.1 Å². The van der Waals surface area contributed by atoms with E-state index >= 15 is 0 Å². The van der Waals surface area contributed by atoms with Gasteiger partial charge in [-0.2, -0.15) is 0 Å². The zero-order valence-electron chi connectivity index (χ0n) is 18.2. The quantitative estimate of drug-likeness (QED) is 0.767. The molecule has 1 heterocycles. The number of aryl methyl sites for hydroxylation is 3. The normalized spacial score (nSPS) is 14.8. The molecular weight excluding hydrogens is 398 g/mol. The van der Waals surface area contributed by atoms with E-state index in [2.05, 4.69) is 41.7 Å². The van der Waals surface area contributed by atoms with E-state index in [0.717, 1.165) is 18.7 Å². The molecule has 0 radical (unpaired) electrons. The van der Waals surface area contributed by atoms with Gasteiger partial charge in [-0.1, -0.05) is 24.3 Å². The van der Waals surface area contributed by atoms with Crippen molar-refractivity contribution in [2.75, 3.05) is 37.6 Å². The third-order valence-electron chi connectivity index (χ3n) is 5.81. The Labute approximate surface area is 179 Å². The highest BCUT2D eigenvalue weighted by molar-refractivity contribution is 7.89. The smallest absolute Gasteiger partial charge is 0.240 e. The van der Waals surface area contributed by atoms with Crippen LogP contribution in [0.2, 0.25) is 0 Å². The van der Waals surface area contributed by atoms with E-state index in [1.165, 1.54) is 16.8 Å². The number of nitrogens with zero attached hydrogens (tertiary/aromatic N) is 2. The van der Waals surface area contributed by atoms with Crippen molar-refractivity contribution in [3.63, 3.8) is 0 Å². The Kier molecular flexibility index (Phi) is 6.83. The monoisotopic (exact) mass is 429 g/mol. The maximum absolute atomic E-state index is 12.6. The maximum atomic E-state index is 12.6. The zero-order chi connectivity index (χ0) is 21.9. The second kappa shape index (κ2) is 9.18. The zero-order valence-corrected chi connectivity index (χ0v) is 19.1. The van der Waals surface area contributed by atoms with E-state index in [9.17, 15) is 13.2 Å². The van der Waals surface area contributed by atoms with Crippen molar-refractivity contribution in [3.8, 4) is 0 Å². The number of rotatable bonds is 6. The lowest BCUT2D eigenvalue weighted by Gasteiger charge is -2.37. The lowest BCUT2D eigenvalue weighted by molar-refractivity contribution is -0.131. The summed E-state index contributed by atoms with van der Waals surface area (Å²) in [6.07, 6.45) is 0.160. The molecule has 0 unspecified atom stereocenters. The Morgan fingerprint density at radius 2 is 1.67 bits per heavy atom. The molecule has 162 valence electrons. The summed E-state index contributed by atoms with van der Waals surface area (Å²) in [5.41, 5.74) is 5.35. The first-order chi connectivity index (χ1) is 14.2. The fraction of sp³-hybridized carbons (Fsp3) is 0.435. The van der Waals surface area contributed by atoms with Crippen LogP contribution in [0.25, 0.3) is 0 Å². The fourth-order valence-electron chi connectivity index (χ4n) is 3.80. The van der Waals surface area contributed by atoms with Gasteiger partial charge in [-0.15, -0.1) is 0 Å². The third-order valence-corrected chi connectivity index (χ3v) is 7.42. The Morgan fingerprint density at radius 3 is 2.37 bits per heavy atom. The van der Waals surface area contributed by atoms with Gasteiger partial charge in [0.05, 0.1) is 4.90 Å². The molecule has 0 spiro atoms. The first-order valence-corrected chi connectivity index (χ1v) is 11.8.